The van der Waals surface area contributed by atoms with Gasteiger partial charge in [-0.2, -0.15) is 0 Å². The molecule has 1 saturated carbocycles. The summed E-state index contributed by atoms with van der Waals surface area (Å²) >= 11 is 5.64. The zero-order valence-electron chi connectivity index (χ0n) is 10.2. The van der Waals surface area contributed by atoms with Gasteiger partial charge in [-0.25, -0.2) is 18.2 Å². The molecule has 3 nitrogen and oxygen atoms in total. The van der Waals surface area contributed by atoms with Crippen LogP contribution in [0.4, 0.5) is 13.2 Å². The Morgan fingerprint density at radius 2 is 2.15 bits per heavy atom. The van der Waals surface area contributed by atoms with Crippen LogP contribution < -0.4 is 0 Å². The third kappa shape index (κ3) is 1.98. The number of halogens is 4. The van der Waals surface area contributed by atoms with Crippen molar-refractivity contribution >= 4 is 28.4 Å². The summed E-state index contributed by atoms with van der Waals surface area (Å²) in [5.74, 6) is -2.15. The maximum absolute atomic E-state index is 13.5. The van der Waals surface area contributed by atoms with Crippen molar-refractivity contribution in [3.63, 3.8) is 0 Å². The number of pyridine rings is 1. The molecule has 0 N–H and O–H groups in total. The minimum Gasteiger partial charge on any atom is -0.329 e. The van der Waals surface area contributed by atoms with E-state index in [0.717, 1.165) is 25.3 Å². The molecule has 1 fully saturated rings. The van der Waals surface area contributed by atoms with Gasteiger partial charge in [-0.3, -0.25) is 4.79 Å². The summed E-state index contributed by atoms with van der Waals surface area (Å²) in [6.07, 6.45) is 0.989. The molecule has 0 unspecified atom stereocenters. The lowest BCUT2D eigenvalue weighted by Crippen LogP contribution is -2.16. The van der Waals surface area contributed by atoms with Gasteiger partial charge in [0.1, 0.15) is 5.65 Å². The van der Waals surface area contributed by atoms with Gasteiger partial charge in [0, 0.05) is 17.6 Å². The lowest BCUT2D eigenvalue weighted by atomic mass is 9.93. The third-order valence-electron chi connectivity index (χ3n) is 3.65. The van der Waals surface area contributed by atoms with Crippen LogP contribution in [0.1, 0.15) is 35.7 Å². The summed E-state index contributed by atoms with van der Waals surface area (Å²) in [5.41, 5.74) is 0.0788. The number of alkyl halides is 2. The number of Topliss-reactive ketones (excluding diaryl/α,β-unsaturated/α-hetero) is 1. The molecule has 1 aliphatic rings. The van der Waals surface area contributed by atoms with E-state index >= 15 is 0 Å². The van der Waals surface area contributed by atoms with Crippen molar-refractivity contribution in [2.45, 2.75) is 31.7 Å². The molecular formula is C13H10ClF3N2O. The second kappa shape index (κ2) is 4.77. The Kier molecular flexibility index (Phi) is 3.20. The molecule has 2 aromatic rings. The molecule has 3 rings (SSSR count). The quantitative estimate of drug-likeness (QED) is 0.634. The van der Waals surface area contributed by atoms with Crippen molar-refractivity contribution in [2.24, 2.45) is 0 Å². The average molecular weight is 303 g/mol. The van der Waals surface area contributed by atoms with Crippen molar-refractivity contribution in [1.29, 1.82) is 0 Å². The van der Waals surface area contributed by atoms with Gasteiger partial charge < -0.3 is 4.57 Å². The second-order valence-electron chi connectivity index (χ2n) is 4.83. The molecule has 0 amide bonds. The highest BCUT2D eigenvalue weighted by Gasteiger charge is 2.28. The molecule has 20 heavy (non-hydrogen) atoms. The van der Waals surface area contributed by atoms with Crippen molar-refractivity contribution in [2.75, 3.05) is 0 Å². The number of carbonyl (C=O) groups excluding carboxylic acids is 1. The minimum atomic E-state index is -3.13. The summed E-state index contributed by atoms with van der Waals surface area (Å²) in [7, 11) is 0. The van der Waals surface area contributed by atoms with Crippen LogP contribution in [0.3, 0.4) is 0 Å². The monoisotopic (exact) mass is 302 g/mol. The van der Waals surface area contributed by atoms with Gasteiger partial charge in [0.15, 0.2) is 11.0 Å². The normalized spacial score (nSPS) is 15.8. The fourth-order valence-corrected chi connectivity index (χ4v) is 2.51. The largest absolute Gasteiger partial charge is 0.329 e. The molecule has 0 bridgehead atoms. The predicted molar refractivity (Wildman–Crippen MR) is 67.9 cm³/mol. The number of hydrogen-bond acceptors (Lipinski definition) is 2. The van der Waals surface area contributed by atoms with E-state index in [9.17, 15) is 18.0 Å². The fraction of sp³-hybridized carbons (Fsp3) is 0.385. The molecular weight excluding hydrogens is 293 g/mol. The van der Waals surface area contributed by atoms with Crippen LogP contribution in [0.5, 0.6) is 0 Å². The summed E-state index contributed by atoms with van der Waals surface area (Å²) in [4.78, 5) is 15.4. The summed E-state index contributed by atoms with van der Waals surface area (Å²) in [6.45, 7) is 0. The van der Waals surface area contributed by atoms with Crippen molar-refractivity contribution in [3.8, 4) is 0 Å². The molecule has 106 valence electrons. The molecule has 0 spiro atoms. The van der Waals surface area contributed by atoms with Crippen LogP contribution in [-0.4, -0.2) is 21.8 Å². The minimum absolute atomic E-state index is 0.0871. The molecule has 7 heteroatoms. The van der Waals surface area contributed by atoms with Crippen LogP contribution in [0.15, 0.2) is 12.3 Å². The van der Waals surface area contributed by atoms with Crippen molar-refractivity contribution in [3.05, 3.63) is 28.8 Å². The molecule has 0 radical (unpaired) electrons. The maximum atomic E-state index is 13.5. The highest BCUT2D eigenvalue weighted by atomic mass is 35.5. The number of carbonyl (C=O) groups is 1. The molecule has 2 aromatic heterocycles. The second-order valence-corrected chi connectivity index (χ2v) is 5.19. The van der Waals surface area contributed by atoms with Crippen LogP contribution in [0.25, 0.3) is 11.0 Å². The van der Waals surface area contributed by atoms with E-state index in [1.807, 2.05) is 0 Å². The van der Waals surface area contributed by atoms with E-state index in [1.165, 1.54) is 6.20 Å². The Bertz CT molecular complexity index is 694. The van der Waals surface area contributed by atoms with E-state index in [-0.39, 0.29) is 27.8 Å². The van der Waals surface area contributed by atoms with Crippen LogP contribution in [0.2, 0.25) is 5.15 Å². The van der Waals surface area contributed by atoms with E-state index in [4.69, 9.17) is 11.6 Å². The Morgan fingerprint density at radius 3 is 2.70 bits per heavy atom. The first-order chi connectivity index (χ1) is 9.49. The zero-order valence-corrected chi connectivity index (χ0v) is 11.0. The maximum Gasteiger partial charge on any atom is 0.300 e. The molecule has 1 aliphatic carbocycles. The molecule has 0 aliphatic heterocycles. The topological polar surface area (TPSA) is 34.9 Å². The van der Waals surface area contributed by atoms with Gasteiger partial charge in [-0.15, -0.1) is 0 Å². The Labute approximate surface area is 117 Å². The van der Waals surface area contributed by atoms with E-state index in [1.54, 1.807) is 4.57 Å². The molecule has 0 saturated heterocycles. The van der Waals surface area contributed by atoms with E-state index in [0.29, 0.717) is 0 Å². The first-order valence-corrected chi connectivity index (χ1v) is 6.55. The zero-order chi connectivity index (χ0) is 14.4. The van der Waals surface area contributed by atoms with Gasteiger partial charge >= 0.3 is 6.43 Å². The van der Waals surface area contributed by atoms with Gasteiger partial charge in [0.25, 0.3) is 0 Å². The SMILES string of the molecule is O=C(c1cn(C2CCC2)c2nc(Cl)c(F)cc12)C(F)F. The third-order valence-corrected chi connectivity index (χ3v) is 3.91. The average Bonchev–Trinajstić information content (AvgIpc) is 2.66. The summed E-state index contributed by atoms with van der Waals surface area (Å²) < 4.78 is 40.4. The Morgan fingerprint density at radius 1 is 1.45 bits per heavy atom. The highest BCUT2D eigenvalue weighted by Crippen LogP contribution is 2.36. The number of fused-ring (bicyclic) bond motifs is 1. The smallest absolute Gasteiger partial charge is 0.300 e. The Hall–Kier alpha value is -1.56. The van der Waals surface area contributed by atoms with Gasteiger partial charge in [0.05, 0.1) is 5.56 Å². The van der Waals surface area contributed by atoms with Crippen LogP contribution >= 0.6 is 11.6 Å². The van der Waals surface area contributed by atoms with E-state index < -0.39 is 18.0 Å². The molecule has 0 atom stereocenters. The first kappa shape index (κ1) is 13.4. The van der Waals surface area contributed by atoms with Gasteiger partial charge in [0.2, 0.25) is 5.78 Å². The van der Waals surface area contributed by atoms with E-state index in [2.05, 4.69) is 4.98 Å². The number of hydrogen-bond donors (Lipinski definition) is 0. The standard InChI is InChI=1S/C13H10ClF3N2O/c14-11-9(15)4-7-8(10(20)12(16)17)5-19(13(7)18-11)6-2-1-3-6/h4-6,12H,1-3H2. The highest BCUT2D eigenvalue weighted by molar-refractivity contribution is 6.30. The lowest BCUT2D eigenvalue weighted by molar-refractivity contribution is 0.0680. The van der Waals surface area contributed by atoms with Gasteiger partial charge in [-0.05, 0) is 25.3 Å². The molecule has 0 aromatic carbocycles. The van der Waals surface area contributed by atoms with Crippen LogP contribution in [0, 0.1) is 5.82 Å². The number of nitrogens with zero attached hydrogens (tertiary/aromatic N) is 2. The summed E-state index contributed by atoms with van der Waals surface area (Å²) in [6, 6.07) is 1.10. The predicted octanol–water partition coefficient (Wildman–Crippen LogP) is 4.00. The van der Waals surface area contributed by atoms with Crippen LogP contribution in [-0.2, 0) is 0 Å². The Balaban J connectivity index is 2.24. The number of ketones is 1. The summed E-state index contributed by atoms with van der Waals surface area (Å²) in [5, 5.41) is -0.240. The fourth-order valence-electron chi connectivity index (χ4n) is 2.38. The number of rotatable bonds is 3. The number of aromatic nitrogens is 2. The van der Waals surface area contributed by atoms with Crippen molar-refractivity contribution < 1.29 is 18.0 Å². The van der Waals surface area contributed by atoms with Crippen molar-refractivity contribution in [1.82, 2.24) is 9.55 Å². The van der Waals surface area contributed by atoms with Gasteiger partial charge in [-0.1, -0.05) is 11.6 Å². The molecule has 2 heterocycles. The lowest BCUT2D eigenvalue weighted by Gasteiger charge is -2.27. The first-order valence-electron chi connectivity index (χ1n) is 6.18.